The van der Waals surface area contributed by atoms with E-state index in [1.165, 1.54) is 89.9 Å². The Labute approximate surface area is 210 Å². The number of rotatable bonds is 17. The molecule has 0 bridgehead atoms. The van der Waals surface area contributed by atoms with Gasteiger partial charge in [0.15, 0.2) is 0 Å². The van der Waals surface area contributed by atoms with Crippen molar-refractivity contribution in [2.75, 3.05) is 0 Å². The van der Waals surface area contributed by atoms with Crippen molar-refractivity contribution in [3.05, 3.63) is 71.8 Å². The third-order valence-electron chi connectivity index (χ3n) is 6.05. The zero-order valence-electron chi connectivity index (χ0n) is 22.0. The lowest BCUT2D eigenvalue weighted by Crippen LogP contribution is -2.34. The minimum Gasteiger partial charge on any atom is -0.334 e. The van der Waals surface area contributed by atoms with Gasteiger partial charge in [-0.05, 0) is 11.1 Å². The summed E-state index contributed by atoms with van der Waals surface area (Å²) in [5, 5.41) is 5.64. The van der Waals surface area contributed by atoms with Gasteiger partial charge < -0.3 is 10.6 Å². The van der Waals surface area contributed by atoms with E-state index in [4.69, 9.17) is 0 Å². The molecular formula is C31H50N2O. The molecule has 0 aromatic heterocycles. The van der Waals surface area contributed by atoms with E-state index in [0.29, 0.717) is 13.1 Å². The summed E-state index contributed by atoms with van der Waals surface area (Å²) < 4.78 is 0. The quantitative estimate of drug-likeness (QED) is 0.224. The predicted octanol–water partition coefficient (Wildman–Crippen LogP) is 9.17. The van der Waals surface area contributed by atoms with Crippen molar-refractivity contribution in [3.63, 3.8) is 0 Å². The Kier molecular flexibility index (Phi) is 19.7. The number of carbonyl (C=O) groups is 1. The van der Waals surface area contributed by atoms with Crippen LogP contribution in [0, 0.1) is 0 Å². The highest BCUT2D eigenvalue weighted by Gasteiger charge is 2.00. The molecule has 0 radical (unpaired) electrons. The van der Waals surface area contributed by atoms with E-state index in [0.717, 1.165) is 11.1 Å². The van der Waals surface area contributed by atoms with E-state index in [1.54, 1.807) is 0 Å². The Hall–Kier alpha value is -2.29. The minimum atomic E-state index is -0.150. The number of nitrogens with one attached hydrogen (secondary N) is 2. The third-order valence-corrected chi connectivity index (χ3v) is 6.05. The first-order valence-electron chi connectivity index (χ1n) is 13.9. The Balaban J connectivity index is 0.000000344. The van der Waals surface area contributed by atoms with Crippen molar-refractivity contribution >= 4 is 6.03 Å². The average molecular weight is 467 g/mol. The molecule has 0 aliphatic rings. The molecule has 0 heterocycles. The number of carbonyl (C=O) groups excluding carboxylic acids is 1. The van der Waals surface area contributed by atoms with Gasteiger partial charge in [0.25, 0.3) is 0 Å². The van der Waals surface area contributed by atoms with Gasteiger partial charge in [-0.3, -0.25) is 0 Å². The van der Waals surface area contributed by atoms with Crippen LogP contribution in [0.2, 0.25) is 0 Å². The van der Waals surface area contributed by atoms with Crippen molar-refractivity contribution in [2.24, 2.45) is 0 Å². The Bertz CT molecular complexity index is 628. The van der Waals surface area contributed by atoms with Crippen LogP contribution in [0.5, 0.6) is 0 Å². The third kappa shape index (κ3) is 18.2. The molecule has 2 aromatic rings. The van der Waals surface area contributed by atoms with Crippen LogP contribution >= 0.6 is 0 Å². The van der Waals surface area contributed by atoms with Gasteiger partial charge >= 0.3 is 6.03 Å². The first kappa shape index (κ1) is 29.7. The molecule has 0 aliphatic carbocycles. The normalized spacial score (nSPS) is 10.3. The Morgan fingerprint density at radius 3 is 1.09 bits per heavy atom. The summed E-state index contributed by atoms with van der Waals surface area (Å²) in [6, 6.07) is 19.5. The van der Waals surface area contributed by atoms with Gasteiger partial charge in [-0.15, -0.1) is 0 Å². The van der Waals surface area contributed by atoms with Crippen LogP contribution in [0.3, 0.4) is 0 Å². The second-order valence-electron chi connectivity index (χ2n) is 9.25. The lowest BCUT2D eigenvalue weighted by atomic mass is 10.0. The number of amides is 2. The van der Waals surface area contributed by atoms with E-state index >= 15 is 0 Å². The monoisotopic (exact) mass is 466 g/mol. The van der Waals surface area contributed by atoms with Crippen LogP contribution in [0.15, 0.2) is 60.7 Å². The fourth-order valence-electron chi connectivity index (χ4n) is 3.89. The number of unbranched alkanes of at least 4 members (excludes halogenated alkanes) is 13. The van der Waals surface area contributed by atoms with Crippen LogP contribution < -0.4 is 10.6 Å². The van der Waals surface area contributed by atoms with E-state index < -0.39 is 0 Å². The molecule has 0 unspecified atom stereocenters. The van der Waals surface area contributed by atoms with E-state index in [9.17, 15) is 4.79 Å². The maximum absolute atomic E-state index is 11.6. The van der Waals surface area contributed by atoms with Gasteiger partial charge in [0.05, 0.1) is 0 Å². The second-order valence-corrected chi connectivity index (χ2v) is 9.25. The summed E-state index contributed by atoms with van der Waals surface area (Å²) in [5.41, 5.74) is 2.18. The smallest absolute Gasteiger partial charge is 0.315 e. The zero-order chi connectivity index (χ0) is 24.5. The van der Waals surface area contributed by atoms with Crippen LogP contribution in [0.25, 0.3) is 0 Å². The second kappa shape index (κ2) is 22.5. The molecule has 0 saturated heterocycles. The highest BCUT2D eigenvalue weighted by Crippen LogP contribution is 2.12. The van der Waals surface area contributed by atoms with Crippen molar-refractivity contribution in [1.29, 1.82) is 0 Å². The van der Waals surface area contributed by atoms with Crippen LogP contribution in [0.1, 0.15) is 115 Å². The van der Waals surface area contributed by atoms with Crippen molar-refractivity contribution in [3.8, 4) is 0 Å². The van der Waals surface area contributed by atoms with Crippen LogP contribution in [-0.2, 0) is 13.1 Å². The van der Waals surface area contributed by atoms with Gasteiger partial charge in [-0.2, -0.15) is 0 Å². The van der Waals surface area contributed by atoms with Gasteiger partial charge in [0, 0.05) is 13.1 Å². The molecule has 3 heteroatoms. The number of urea groups is 1. The summed E-state index contributed by atoms with van der Waals surface area (Å²) in [5.74, 6) is 0. The lowest BCUT2D eigenvalue weighted by Gasteiger charge is -2.07. The summed E-state index contributed by atoms with van der Waals surface area (Å²) in [6.45, 7) is 5.67. The van der Waals surface area contributed by atoms with E-state index in [2.05, 4.69) is 24.5 Å². The minimum absolute atomic E-state index is 0.150. The molecule has 2 N–H and O–H groups in total. The van der Waals surface area contributed by atoms with E-state index in [-0.39, 0.29) is 6.03 Å². The highest BCUT2D eigenvalue weighted by molar-refractivity contribution is 5.73. The molecule has 2 rings (SSSR count). The average Bonchev–Trinajstić information content (AvgIpc) is 2.88. The molecule has 3 nitrogen and oxygen atoms in total. The predicted molar refractivity (Wildman–Crippen MR) is 148 cm³/mol. The van der Waals surface area contributed by atoms with Gasteiger partial charge in [0.2, 0.25) is 0 Å². The number of benzene rings is 2. The molecule has 0 fully saturated rings. The molecule has 0 saturated carbocycles. The molecule has 2 aromatic carbocycles. The Morgan fingerprint density at radius 1 is 0.500 bits per heavy atom. The summed E-state index contributed by atoms with van der Waals surface area (Å²) >= 11 is 0. The number of hydrogen-bond donors (Lipinski definition) is 2. The largest absolute Gasteiger partial charge is 0.334 e. The maximum atomic E-state index is 11.6. The molecule has 0 spiro atoms. The first-order chi connectivity index (χ1) is 16.8. The molecule has 34 heavy (non-hydrogen) atoms. The van der Waals surface area contributed by atoms with Crippen molar-refractivity contribution < 1.29 is 4.79 Å². The van der Waals surface area contributed by atoms with Crippen molar-refractivity contribution in [1.82, 2.24) is 10.6 Å². The summed E-state index contributed by atoms with van der Waals surface area (Å²) in [6.07, 6.45) is 20.4. The first-order valence-corrected chi connectivity index (χ1v) is 13.9. The van der Waals surface area contributed by atoms with E-state index in [1.807, 2.05) is 60.7 Å². The van der Waals surface area contributed by atoms with Gasteiger partial charge in [-0.1, -0.05) is 164 Å². The molecule has 0 aliphatic heterocycles. The molecular weight excluding hydrogens is 416 g/mol. The standard InChI is InChI=1S/C16H34.C15H16N2O/c1-3-5-7-9-11-13-15-16-14-12-10-8-6-4-2;18-15(16-11-13-7-3-1-4-8-13)17-12-14-9-5-2-6-10-14/h3-16H2,1-2H3;1-10H,11-12H2,(H2,16,17,18). The topological polar surface area (TPSA) is 41.1 Å². The SMILES string of the molecule is CCCCCCCCCCCCCCCC.O=C(NCc1ccccc1)NCc1ccccc1. The lowest BCUT2D eigenvalue weighted by molar-refractivity contribution is 0.240. The number of hydrogen-bond acceptors (Lipinski definition) is 1. The zero-order valence-corrected chi connectivity index (χ0v) is 22.0. The molecule has 2 amide bonds. The van der Waals surface area contributed by atoms with Crippen LogP contribution in [-0.4, -0.2) is 6.03 Å². The highest BCUT2D eigenvalue weighted by atomic mass is 16.2. The Morgan fingerprint density at radius 2 is 0.794 bits per heavy atom. The summed E-state index contributed by atoms with van der Waals surface area (Å²) in [4.78, 5) is 11.6. The maximum Gasteiger partial charge on any atom is 0.315 e. The van der Waals surface area contributed by atoms with Crippen molar-refractivity contribution in [2.45, 2.75) is 117 Å². The van der Waals surface area contributed by atoms with Gasteiger partial charge in [-0.25, -0.2) is 4.79 Å². The van der Waals surface area contributed by atoms with Crippen LogP contribution in [0.4, 0.5) is 4.79 Å². The molecule has 0 atom stereocenters. The summed E-state index contributed by atoms with van der Waals surface area (Å²) in [7, 11) is 0. The fourth-order valence-corrected chi connectivity index (χ4v) is 3.89. The fraction of sp³-hybridized carbons (Fsp3) is 0.581. The molecule has 190 valence electrons. The van der Waals surface area contributed by atoms with Gasteiger partial charge in [0.1, 0.15) is 0 Å².